The number of carboxylic acids is 1. The van der Waals surface area contributed by atoms with Crippen LogP contribution in [0.3, 0.4) is 0 Å². The number of carbonyl (C=O) groups is 1. The minimum absolute atomic E-state index is 0.386. The maximum Gasteiger partial charge on any atom is 0.323 e. The van der Waals surface area contributed by atoms with E-state index in [1.165, 1.54) is 6.07 Å². The highest BCUT2D eigenvalue weighted by molar-refractivity contribution is 5.78. The normalized spacial score (nSPS) is 15.8. The SMILES string of the molecule is CCCC(C)(NC(C)c1ccc(F)c(F)c1)C(=O)O. The number of nitrogens with one attached hydrogen (secondary N) is 1. The molecule has 0 aliphatic heterocycles. The molecule has 0 saturated heterocycles. The van der Waals surface area contributed by atoms with E-state index < -0.39 is 23.1 Å². The Balaban J connectivity index is 2.90. The number of hydrogen-bond acceptors (Lipinski definition) is 2. The molecule has 5 heteroatoms. The second kappa shape index (κ2) is 6.10. The van der Waals surface area contributed by atoms with Crippen LogP contribution in [-0.2, 0) is 4.79 Å². The van der Waals surface area contributed by atoms with Gasteiger partial charge in [-0.05, 0) is 38.0 Å². The second-order valence-corrected chi connectivity index (χ2v) is 4.93. The van der Waals surface area contributed by atoms with Crippen LogP contribution in [0.5, 0.6) is 0 Å². The third-order valence-electron chi connectivity index (χ3n) is 3.20. The molecule has 3 nitrogen and oxygen atoms in total. The molecule has 0 amide bonds. The van der Waals surface area contributed by atoms with Gasteiger partial charge < -0.3 is 5.11 Å². The molecule has 0 spiro atoms. The van der Waals surface area contributed by atoms with Crippen molar-refractivity contribution in [1.29, 1.82) is 0 Å². The Bertz CT molecular complexity index is 465. The summed E-state index contributed by atoms with van der Waals surface area (Å²) in [5.41, 5.74) is -0.568. The van der Waals surface area contributed by atoms with Crippen molar-refractivity contribution in [2.45, 2.75) is 45.2 Å². The van der Waals surface area contributed by atoms with Crippen molar-refractivity contribution in [3.8, 4) is 0 Å². The van der Waals surface area contributed by atoms with Gasteiger partial charge >= 0.3 is 5.97 Å². The first-order chi connectivity index (χ1) is 8.80. The van der Waals surface area contributed by atoms with Crippen LogP contribution >= 0.6 is 0 Å². The maximum absolute atomic E-state index is 13.2. The van der Waals surface area contributed by atoms with Crippen molar-refractivity contribution in [1.82, 2.24) is 5.32 Å². The fourth-order valence-corrected chi connectivity index (χ4v) is 2.08. The third kappa shape index (κ3) is 3.73. The van der Waals surface area contributed by atoms with Gasteiger partial charge in [-0.25, -0.2) is 8.78 Å². The summed E-state index contributed by atoms with van der Waals surface area (Å²) < 4.78 is 26.0. The minimum Gasteiger partial charge on any atom is -0.480 e. The van der Waals surface area contributed by atoms with Crippen LogP contribution in [0.1, 0.15) is 45.2 Å². The topological polar surface area (TPSA) is 49.3 Å². The molecule has 1 aromatic rings. The molecule has 106 valence electrons. The zero-order valence-corrected chi connectivity index (χ0v) is 11.3. The Kier molecular flexibility index (Phi) is 5.00. The van der Waals surface area contributed by atoms with Crippen molar-refractivity contribution in [2.24, 2.45) is 0 Å². The summed E-state index contributed by atoms with van der Waals surface area (Å²) >= 11 is 0. The summed E-state index contributed by atoms with van der Waals surface area (Å²) in [6.07, 6.45) is 1.16. The molecule has 2 N–H and O–H groups in total. The highest BCUT2D eigenvalue weighted by Gasteiger charge is 2.33. The first-order valence-electron chi connectivity index (χ1n) is 6.26. The molecule has 0 heterocycles. The van der Waals surface area contributed by atoms with Gasteiger partial charge in [-0.2, -0.15) is 0 Å². The van der Waals surface area contributed by atoms with Crippen LogP contribution in [-0.4, -0.2) is 16.6 Å². The largest absolute Gasteiger partial charge is 0.480 e. The van der Waals surface area contributed by atoms with E-state index in [1.54, 1.807) is 13.8 Å². The highest BCUT2D eigenvalue weighted by Crippen LogP contribution is 2.21. The highest BCUT2D eigenvalue weighted by atomic mass is 19.2. The summed E-state index contributed by atoms with van der Waals surface area (Å²) in [6.45, 7) is 5.21. The van der Waals surface area contributed by atoms with E-state index >= 15 is 0 Å². The van der Waals surface area contributed by atoms with Gasteiger partial charge in [0, 0.05) is 6.04 Å². The van der Waals surface area contributed by atoms with Crippen LogP contribution in [0.15, 0.2) is 18.2 Å². The molecular formula is C14H19F2NO2. The van der Waals surface area contributed by atoms with Gasteiger partial charge in [0.05, 0.1) is 0 Å². The van der Waals surface area contributed by atoms with E-state index in [9.17, 15) is 18.7 Å². The van der Waals surface area contributed by atoms with Gasteiger partial charge in [0.1, 0.15) is 5.54 Å². The lowest BCUT2D eigenvalue weighted by Gasteiger charge is -2.30. The summed E-state index contributed by atoms with van der Waals surface area (Å²) in [7, 11) is 0. The smallest absolute Gasteiger partial charge is 0.323 e. The van der Waals surface area contributed by atoms with Gasteiger partial charge in [-0.3, -0.25) is 10.1 Å². The Morgan fingerprint density at radius 2 is 2.05 bits per heavy atom. The standard InChI is InChI=1S/C14H19F2NO2/c1-4-7-14(3,13(18)19)17-9(2)10-5-6-11(15)12(16)8-10/h5-6,8-9,17H,4,7H2,1-3H3,(H,18,19). The van der Waals surface area contributed by atoms with Gasteiger partial charge in [-0.1, -0.05) is 19.4 Å². The predicted octanol–water partition coefficient (Wildman–Crippen LogP) is 3.26. The first kappa shape index (κ1) is 15.6. The molecule has 0 fully saturated rings. The lowest BCUT2D eigenvalue weighted by atomic mass is 9.94. The molecule has 1 rings (SSSR count). The van der Waals surface area contributed by atoms with E-state index in [1.807, 2.05) is 6.92 Å². The number of benzene rings is 1. The first-order valence-corrected chi connectivity index (χ1v) is 6.26. The summed E-state index contributed by atoms with van der Waals surface area (Å²) in [5, 5.41) is 12.2. The molecular weight excluding hydrogens is 252 g/mol. The van der Waals surface area contributed by atoms with Crippen LogP contribution in [0.4, 0.5) is 8.78 Å². The molecule has 0 saturated carbocycles. The molecule has 1 aromatic carbocycles. The molecule has 2 atom stereocenters. The van der Waals surface area contributed by atoms with Crippen LogP contribution < -0.4 is 5.32 Å². The number of aliphatic carboxylic acids is 1. The zero-order chi connectivity index (χ0) is 14.6. The quantitative estimate of drug-likeness (QED) is 0.835. The fourth-order valence-electron chi connectivity index (χ4n) is 2.08. The predicted molar refractivity (Wildman–Crippen MR) is 68.9 cm³/mol. The summed E-state index contributed by atoms with van der Waals surface area (Å²) in [6, 6.07) is 3.19. The Morgan fingerprint density at radius 1 is 1.42 bits per heavy atom. The fraction of sp³-hybridized carbons (Fsp3) is 0.500. The van der Waals surface area contributed by atoms with Crippen LogP contribution in [0.25, 0.3) is 0 Å². The second-order valence-electron chi connectivity index (χ2n) is 4.93. The van der Waals surface area contributed by atoms with E-state index in [4.69, 9.17) is 0 Å². The minimum atomic E-state index is -1.08. The van der Waals surface area contributed by atoms with Crippen LogP contribution in [0.2, 0.25) is 0 Å². The van der Waals surface area contributed by atoms with Gasteiger partial charge in [-0.15, -0.1) is 0 Å². The molecule has 0 bridgehead atoms. The van der Waals surface area contributed by atoms with Crippen molar-refractivity contribution in [3.63, 3.8) is 0 Å². The van der Waals surface area contributed by atoms with Crippen molar-refractivity contribution < 1.29 is 18.7 Å². The van der Waals surface area contributed by atoms with Crippen molar-refractivity contribution in [3.05, 3.63) is 35.4 Å². The van der Waals surface area contributed by atoms with E-state index in [0.717, 1.165) is 12.1 Å². The van der Waals surface area contributed by atoms with Gasteiger partial charge in [0.2, 0.25) is 0 Å². The average Bonchev–Trinajstić information content (AvgIpc) is 2.32. The van der Waals surface area contributed by atoms with Crippen LogP contribution in [0, 0.1) is 11.6 Å². The van der Waals surface area contributed by atoms with E-state index in [0.29, 0.717) is 18.4 Å². The maximum atomic E-state index is 13.2. The summed E-state index contributed by atoms with van der Waals surface area (Å²) in [5.74, 6) is -2.80. The number of halogens is 2. The number of carboxylic acid groups (broad SMARTS) is 1. The average molecular weight is 271 g/mol. The number of hydrogen-bond donors (Lipinski definition) is 2. The molecule has 0 radical (unpaired) electrons. The van der Waals surface area contributed by atoms with Crippen molar-refractivity contribution in [2.75, 3.05) is 0 Å². The number of rotatable bonds is 6. The monoisotopic (exact) mass is 271 g/mol. The Labute approximate surface area is 111 Å². The summed E-state index contributed by atoms with van der Waals surface area (Å²) in [4.78, 5) is 11.3. The Hall–Kier alpha value is -1.49. The Morgan fingerprint density at radius 3 is 2.53 bits per heavy atom. The third-order valence-corrected chi connectivity index (χ3v) is 3.20. The molecule has 2 unspecified atom stereocenters. The lowest BCUT2D eigenvalue weighted by Crippen LogP contribution is -2.50. The lowest BCUT2D eigenvalue weighted by molar-refractivity contribution is -0.144. The van der Waals surface area contributed by atoms with Crippen molar-refractivity contribution >= 4 is 5.97 Å². The molecule has 19 heavy (non-hydrogen) atoms. The molecule has 0 aliphatic carbocycles. The van der Waals surface area contributed by atoms with Gasteiger partial charge in [0.25, 0.3) is 0 Å². The molecule has 0 aliphatic rings. The van der Waals surface area contributed by atoms with E-state index in [2.05, 4.69) is 5.32 Å². The van der Waals surface area contributed by atoms with E-state index in [-0.39, 0.29) is 6.04 Å². The zero-order valence-electron chi connectivity index (χ0n) is 11.3. The molecule has 0 aromatic heterocycles. The van der Waals surface area contributed by atoms with Gasteiger partial charge in [0.15, 0.2) is 11.6 Å².